The number of ether oxygens (including phenoxy) is 1. The highest BCUT2D eigenvalue weighted by Gasteiger charge is 2.15. The lowest BCUT2D eigenvalue weighted by Crippen LogP contribution is -2.09. The van der Waals surface area contributed by atoms with Gasteiger partial charge in [0.15, 0.2) is 17.4 Å². The van der Waals surface area contributed by atoms with Crippen molar-refractivity contribution in [2.24, 2.45) is 5.73 Å². The predicted octanol–water partition coefficient (Wildman–Crippen LogP) is 3.82. The lowest BCUT2D eigenvalue weighted by atomic mass is 10.0. The van der Waals surface area contributed by atoms with E-state index in [1.54, 1.807) is 36.7 Å². The minimum absolute atomic E-state index is 0.00629. The van der Waals surface area contributed by atoms with Gasteiger partial charge in [-0.1, -0.05) is 18.2 Å². The maximum Gasteiger partial charge on any atom is 0.171 e. The van der Waals surface area contributed by atoms with Gasteiger partial charge >= 0.3 is 0 Å². The molecule has 0 saturated carbocycles. The number of Topliss-reactive ketones (excluding diaryl/α,β-unsaturated/α-hetero) is 1. The Balaban J connectivity index is 1.81. The molecule has 0 saturated heterocycles. The van der Waals surface area contributed by atoms with Crippen LogP contribution in [-0.4, -0.2) is 10.8 Å². The number of benzene rings is 2. The number of carbonyl (C=O) groups excluding carboxylic acids is 1. The lowest BCUT2D eigenvalue weighted by Gasteiger charge is -2.13. The van der Waals surface area contributed by atoms with Gasteiger partial charge in [0.05, 0.1) is 5.56 Å². The highest BCUT2D eigenvalue weighted by atomic mass is 19.2. The van der Waals surface area contributed by atoms with Crippen LogP contribution < -0.4 is 10.5 Å². The SMILES string of the molecule is NCc1ccc(OCc2ccc(F)c(F)c2)c(C(=O)Cc2cccnc2)c1. The van der Waals surface area contributed by atoms with Crippen molar-refractivity contribution in [2.45, 2.75) is 19.6 Å². The van der Waals surface area contributed by atoms with Gasteiger partial charge in [0.2, 0.25) is 0 Å². The van der Waals surface area contributed by atoms with Crippen molar-refractivity contribution in [1.82, 2.24) is 4.98 Å². The molecule has 1 heterocycles. The van der Waals surface area contributed by atoms with Crippen LogP contribution in [0.4, 0.5) is 8.78 Å². The van der Waals surface area contributed by atoms with Crippen molar-refractivity contribution < 1.29 is 18.3 Å². The topological polar surface area (TPSA) is 65.2 Å². The van der Waals surface area contributed by atoms with Crippen LogP contribution in [0.1, 0.15) is 27.0 Å². The van der Waals surface area contributed by atoms with Crippen LogP contribution in [-0.2, 0) is 19.6 Å². The van der Waals surface area contributed by atoms with E-state index in [0.29, 0.717) is 16.9 Å². The second-order valence-electron chi connectivity index (χ2n) is 6.03. The van der Waals surface area contributed by atoms with E-state index in [0.717, 1.165) is 23.3 Å². The van der Waals surface area contributed by atoms with E-state index < -0.39 is 11.6 Å². The number of nitrogens with two attached hydrogens (primary N) is 1. The number of nitrogens with zero attached hydrogens (tertiary/aromatic N) is 1. The number of ketones is 1. The third-order valence-corrected chi connectivity index (χ3v) is 4.05. The molecule has 2 aromatic carbocycles. The van der Waals surface area contributed by atoms with E-state index in [1.165, 1.54) is 6.07 Å². The number of halogens is 2. The summed E-state index contributed by atoms with van der Waals surface area (Å²) >= 11 is 0. The summed E-state index contributed by atoms with van der Waals surface area (Å²) in [6.07, 6.45) is 3.44. The molecule has 2 N–H and O–H groups in total. The van der Waals surface area contributed by atoms with E-state index in [9.17, 15) is 13.6 Å². The summed E-state index contributed by atoms with van der Waals surface area (Å²) in [5.41, 5.74) is 8.11. The van der Waals surface area contributed by atoms with E-state index in [-0.39, 0.29) is 25.4 Å². The number of hydrogen-bond acceptors (Lipinski definition) is 4. The van der Waals surface area contributed by atoms with Gasteiger partial charge in [-0.2, -0.15) is 0 Å². The molecule has 3 aromatic rings. The fraction of sp³-hybridized carbons (Fsp3) is 0.143. The van der Waals surface area contributed by atoms with Crippen LogP contribution in [0.15, 0.2) is 60.9 Å². The molecular weight excluding hydrogens is 350 g/mol. The molecule has 6 heteroatoms. The standard InChI is InChI=1S/C21H18F2N2O2/c22-18-5-3-16(9-19(18)23)13-27-21-6-4-14(11-24)8-17(21)20(26)10-15-2-1-7-25-12-15/h1-9,12H,10-11,13,24H2. The van der Waals surface area contributed by atoms with Gasteiger partial charge in [0.25, 0.3) is 0 Å². The van der Waals surface area contributed by atoms with Gasteiger partial charge in [-0.15, -0.1) is 0 Å². The molecule has 0 radical (unpaired) electrons. The first kappa shape index (κ1) is 18.7. The van der Waals surface area contributed by atoms with E-state index in [2.05, 4.69) is 4.98 Å². The fourth-order valence-corrected chi connectivity index (χ4v) is 2.62. The molecule has 27 heavy (non-hydrogen) atoms. The molecule has 0 unspecified atom stereocenters. The fourth-order valence-electron chi connectivity index (χ4n) is 2.62. The normalized spacial score (nSPS) is 10.6. The predicted molar refractivity (Wildman–Crippen MR) is 97.3 cm³/mol. The average molecular weight is 368 g/mol. The third kappa shape index (κ3) is 4.74. The van der Waals surface area contributed by atoms with Crippen molar-refractivity contribution in [3.63, 3.8) is 0 Å². The first-order valence-corrected chi connectivity index (χ1v) is 8.38. The van der Waals surface area contributed by atoms with Crippen molar-refractivity contribution in [1.29, 1.82) is 0 Å². The van der Waals surface area contributed by atoms with Crippen molar-refractivity contribution in [3.05, 3.63) is 94.8 Å². The third-order valence-electron chi connectivity index (χ3n) is 4.05. The Bertz CT molecular complexity index is 946. The summed E-state index contributed by atoms with van der Waals surface area (Å²) in [5.74, 6) is -1.63. The molecular formula is C21H18F2N2O2. The Morgan fingerprint density at radius 1 is 1.00 bits per heavy atom. The van der Waals surface area contributed by atoms with Crippen LogP contribution in [0.3, 0.4) is 0 Å². The smallest absolute Gasteiger partial charge is 0.171 e. The zero-order valence-corrected chi connectivity index (χ0v) is 14.5. The largest absolute Gasteiger partial charge is 0.488 e. The highest BCUT2D eigenvalue weighted by Crippen LogP contribution is 2.24. The van der Waals surface area contributed by atoms with E-state index in [1.807, 2.05) is 6.07 Å². The zero-order valence-electron chi connectivity index (χ0n) is 14.5. The molecule has 0 atom stereocenters. The first-order chi connectivity index (χ1) is 13.1. The van der Waals surface area contributed by atoms with Gasteiger partial charge in [-0.25, -0.2) is 8.78 Å². The summed E-state index contributed by atoms with van der Waals surface area (Å²) in [5, 5.41) is 0. The van der Waals surface area contributed by atoms with Crippen LogP contribution >= 0.6 is 0 Å². The monoisotopic (exact) mass is 368 g/mol. The summed E-state index contributed by atoms with van der Waals surface area (Å²) in [6, 6.07) is 12.3. The summed E-state index contributed by atoms with van der Waals surface area (Å²) in [6.45, 7) is 0.295. The average Bonchev–Trinajstić information content (AvgIpc) is 2.69. The van der Waals surface area contributed by atoms with E-state index in [4.69, 9.17) is 10.5 Å². The van der Waals surface area contributed by atoms with Crippen LogP contribution in [0, 0.1) is 11.6 Å². The zero-order chi connectivity index (χ0) is 19.2. The molecule has 4 nitrogen and oxygen atoms in total. The second-order valence-corrected chi connectivity index (χ2v) is 6.03. The highest BCUT2D eigenvalue weighted by molar-refractivity contribution is 6.00. The molecule has 0 fully saturated rings. The van der Waals surface area contributed by atoms with Crippen LogP contribution in [0.5, 0.6) is 5.75 Å². The van der Waals surface area contributed by atoms with Gasteiger partial charge in [-0.05, 0) is 47.0 Å². The lowest BCUT2D eigenvalue weighted by molar-refractivity contribution is 0.0988. The van der Waals surface area contributed by atoms with Gasteiger partial charge < -0.3 is 10.5 Å². The Morgan fingerprint density at radius 2 is 1.81 bits per heavy atom. The maximum absolute atomic E-state index is 13.3. The summed E-state index contributed by atoms with van der Waals surface area (Å²) < 4.78 is 32.1. The van der Waals surface area contributed by atoms with E-state index >= 15 is 0 Å². The Hall–Kier alpha value is -3.12. The maximum atomic E-state index is 13.3. The quantitative estimate of drug-likeness (QED) is 0.644. The van der Waals surface area contributed by atoms with Crippen molar-refractivity contribution in [3.8, 4) is 5.75 Å². The molecule has 0 amide bonds. The molecule has 1 aromatic heterocycles. The molecule has 138 valence electrons. The van der Waals surface area contributed by atoms with Gasteiger partial charge in [0.1, 0.15) is 12.4 Å². The number of pyridine rings is 1. The van der Waals surface area contributed by atoms with Gasteiger partial charge in [-0.3, -0.25) is 9.78 Å². The number of rotatable bonds is 7. The number of aromatic nitrogens is 1. The van der Waals surface area contributed by atoms with Crippen molar-refractivity contribution in [2.75, 3.05) is 0 Å². The molecule has 0 bridgehead atoms. The molecule has 0 spiro atoms. The minimum atomic E-state index is -0.942. The van der Waals surface area contributed by atoms with Gasteiger partial charge in [0, 0.05) is 25.4 Å². The first-order valence-electron chi connectivity index (χ1n) is 8.38. The minimum Gasteiger partial charge on any atom is -0.488 e. The molecule has 0 aliphatic rings. The summed E-state index contributed by atoms with van der Waals surface area (Å²) in [4.78, 5) is 16.8. The summed E-state index contributed by atoms with van der Waals surface area (Å²) in [7, 11) is 0. The number of carbonyl (C=O) groups is 1. The van der Waals surface area contributed by atoms with Crippen LogP contribution in [0.25, 0.3) is 0 Å². The Kier molecular flexibility index (Phi) is 5.88. The molecule has 3 rings (SSSR count). The van der Waals surface area contributed by atoms with Crippen LogP contribution in [0.2, 0.25) is 0 Å². The Labute approximate surface area is 155 Å². The second kappa shape index (κ2) is 8.51. The number of hydrogen-bond donors (Lipinski definition) is 1. The molecule has 0 aliphatic carbocycles. The molecule has 0 aliphatic heterocycles. The van der Waals surface area contributed by atoms with Crippen molar-refractivity contribution >= 4 is 5.78 Å². The Morgan fingerprint density at radius 3 is 2.52 bits per heavy atom.